The van der Waals surface area contributed by atoms with Crippen LogP contribution in [0.1, 0.15) is 24.1 Å². The van der Waals surface area contributed by atoms with Gasteiger partial charge in [0.1, 0.15) is 11.8 Å². The van der Waals surface area contributed by atoms with Gasteiger partial charge in [0.25, 0.3) is 5.56 Å². The molecular formula is C25H20ClN3O4S. The summed E-state index contributed by atoms with van der Waals surface area (Å²) < 4.78 is 12.6. The van der Waals surface area contributed by atoms with Crippen molar-refractivity contribution in [2.75, 3.05) is 14.2 Å². The van der Waals surface area contributed by atoms with Crippen molar-refractivity contribution in [3.05, 3.63) is 95.8 Å². The second-order valence-electron chi connectivity index (χ2n) is 7.75. The fourth-order valence-corrected chi connectivity index (χ4v) is 5.48. The monoisotopic (exact) mass is 493 g/mol. The van der Waals surface area contributed by atoms with Gasteiger partial charge in [0.05, 0.1) is 30.0 Å². The molecule has 172 valence electrons. The molecule has 1 atom stereocenters. The number of nitrogens with one attached hydrogen (secondary N) is 1. The second-order valence-corrected chi connectivity index (χ2v) is 9.19. The molecule has 0 saturated heterocycles. The lowest BCUT2D eigenvalue weighted by Gasteiger charge is -2.25. The van der Waals surface area contributed by atoms with E-state index in [9.17, 15) is 9.59 Å². The maximum Gasteiger partial charge on any atom is 0.338 e. The summed E-state index contributed by atoms with van der Waals surface area (Å²) in [6.45, 7) is 1.73. The Morgan fingerprint density at radius 3 is 2.79 bits per heavy atom. The molecule has 7 nitrogen and oxygen atoms in total. The first kappa shape index (κ1) is 22.2. The van der Waals surface area contributed by atoms with Crippen LogP contribution in [0.25, 0.3) is 17.0 Å². The highest BCUT2D eigenvalue weighted by Crippen LogP contribution is 2.37. The number of thiazole rings is 1. The molecule has 1 N–H and O–H groups in total. The van der Waals surface area contributed by atoms with Crippen LogP contribution in [-0.2, 0) is 9.53 Å². The maximum absolute atomic E-state index is 13.7. The van der Waals surface area contributed by atoms with Gasteiger partial charge in [0.15, 0.2) is 4.80 Å². The van der Waals surface area contributed by atoms with Gasteiger partial charge in [-0.05, 0) is 37.3 Å². The van der Waals surface area contributed by atoms with Crippen molar-refractivity contribution < 1.29 is 14.3 Å². The molecule has 9 heteroatoms. The number of esters is 1. The van der Waals surface area contributed by atoms with Crippen LogP contribution in [0.2, 0.25) is 5.02 Å². The Morgan fingerprint density at radius 1 is 1.24 bits per heavy atom. The van der Waals surface area contributed by atoms with E-state index in [1.54, 1.807) is 25.1 Å². The third-order valence-corrected chi connectivity index (χ3v) is 7.04. The molecule has 0 radical (unpaired) electrons. The Labute approximate surface area is 203 Å². The molecule has 0 aliphatic carbocycles. The minimum atomic E-state index is -0.803. The van der Waals surface area contributed by atoms with Gasteiger partial charge in [-0.1, -0.05) is 41.1 Å². The van der Waals surface area contributed by atoms with Crippen LogP contribution < -0.4 is 19.6 Å². The molecule has 1 aliphatic heterocycles. The number of hydrogen-bond donors (Lipinski definition) is 1. The van der Waals surface area contributed by atoms with Gasteiger partial charge in [-0.3, -0.25) is 9.36 Å². The number of benzene rings is 2. The van der Waals surface area contributed by atoms with E-state index in [4.69, 9.17) is 21.1 Å². The number of halogens is 1. The standard InChI is InChI=1S/C25H20ClN3O4S/c1-13-21(24(31)33-3)22(17-11-15(26)8-9-19(17)32-2)29-23(30)20(34-25(29)28-13)10-14-12-27-18-7-5-4-6-16(14)18/h4-12,22,27H,1-3H3/b20-10-. The number of carbonyl (C=O) groups excluding carboxylic acids is 1. The van der Waals surface area contributed by atoms with Crippen LogP contribution in [0.3, 0.4) is 0 Å². The van der Waals surface area contributed by atoms with Crippen LogP contribution in [0.5, 0.6) is 5.75 Å². The van der Waals surface area contributed by atoms with Gasteiger partial charge in [-0.15, -0.1) is 0 Å². The van der Waals surface area contributed by atoms with E-state index in [-0.39, 0.29) is 11.1 Å². The first-order valence-electron chi connectivity index (χ1n) is 10.4. The zero-order valence-corrected chi connectivity index (χ0v) is 20.2. The zero-order valence-electron chi connectivity index (χ0n) is 18.6. The highest BCUT2D eigenvalue weighted by atomic mass is 35.5. The van der Waals surface area contributed by atoms with Crippen molar-refractivity contribution in [3.63, 3.8) is 0 Å². The van der Waals surface area contributed by atoms with Crippen LogP contribution >= 0.6 is 22.9 Å². The number of fused-ring (bicyclic) bond motifs is 2. The van der Waals surface area contributed by atoms with Gasteiger partial charge < -0.3 is 14.5 Å². The summed E-state index contributed by atoms with van der Waals surface area (Å²) in [7, 11) is 2.83. The number of aromatic nitrogens is 2. The molecule has 0 saturated carbocycles. The number of para-hydroxylation sites is 1. The summed E-state index contributed by atoms with van der Waals surface area (Å²) >= 11 is 7.57. The number of methoxy groups -OCH3 is 2. The summed E-state index contributed by atoms with van der Waals surface area (Å²) in [4.78, 5) is 34.9. The van der Waals surface area contributed by atoms with Crippen molar-refractivity contribution in [1.82, 2.24) is 9.55 Å². The van der Waals surface area contributed by atoms with Crippen molar-refractivity contribution in [3.8, 4) is 5.75 Å². The molecule has 5 rings (SSSR count). The minimum Gasteiger partial charge on any atom is -0.496 e. The number of aromatic amines is 1. The average Bonchev–Trinajstić information content (AvgIpc) is 3.38. The lowest BCUT2D eigenvalue weighted by molar-refractivity contribution is -0.136. The lowest BCUT2D eigenvalue weighted by atomic mass is 9.95. The fraction of sp³-hybridized carbons (Fsp3) is 0.160. The number of hydrogen-bond acceptors (Lipinski definition) is 6. The average molecular weight is 494 g/mol. The highest BCUT2D eigenvalue weighted by molar-refractivity contribution is 7.07. The van der Waals surface area contributed by atoms with Gasteiger partial charge in [0.2, 0.25) is 0 Å². The molecular weight excluding hydrogens is 474 g/mol. The Morgan fingerprint density at radius 2 is 2.03 bits per heavy atom. The van der Waals surface area contributed by atoms with Gasteiger partial charge >= 0.3 is 5.97 Å². The number of carbonyl (C=O) groups is 1. The van der Waals surface area contributed by atoms with Crippen LogP contribution in [0.15, 0.2) is 69.7 Å². The van der Waals surface area contributed by atoms with E-state index in [0.29, 0.717) is 31.4 Å². The smallest absolute Gasteiger partial charge is 0.338 e. The van der Waals surface area contributed by atoms with Crippen LogP contribution in [-0.4, -0.2) is 29.7 Å². The van der Waals surface area contributed by atoms with Gasteiger partial charge in [0, 0.05) is 33.2 Å². The molecule has 2 aromatic carbocycles. The molecule has 0 spiro atoms. The molecule has 4 aromatic rings. The Bertz CT molecular complexity index is 1660. The topological polar surface area (TPSA) is 85.7 Å². The molecule has 1 aliphatic rings. The predicted molar refractivity (Wildman–Crippen MR) is 132 cm³/mol. The van der Waals surface area contributed by atoms with Crippen molar-refractivity contribution in [1.29, 1.82) is 0 Å². The van der Waals surface area contributed by atoms with Crippen LogP contribution in [0, 0.1) is 0 Å². The second kappa shape index (κ2) is 8.62. The van der Waals surface area contributed by atoms with Crippen LogP contribution in [0.4, 0.5) is 0 Å². The van der Waals surface area contributed by atoms with Crippen molar-refractivity contribution in [2.24, 2.45) is 4.99 Å². The Kier molecular flexibility index (Phi) is 5.63. The summed E-state index contributed by atoms with van der Waals surface area (Å²) in [6, 6.07) is 12.2. The lowest BCUT2D eigenvalue weighted by Crippen LogP contribution is -2.40. The quantitative estimate of drug-likeness (QED) is 0.440. The van der Waals surface area contributed by atoms with Crippen molar-refractivity contribution >= 4 is 45.9 Å². The molecule has 0 amide bonds. The Hall–Kier alpha value is -3.62. The summed E-state index contributed by atoms with van der Waals surface area (Å²) in [6.07, 6.45) is 3.71. The van der Waals surface area contributed by atoms with E-state index >= 15 is 0 Å². The number of H-pyrrole nitrogens is 1. The molecule has 0 bridgehead atoms. The maximum atomic E-state index is 13.7. The Balaban J connectivity index is 1.80. The van der Waals surface area contributed by atoms with E-state index < -0.39 is 12.0 Å². The zero-order chi connectivity index (χ0) is 24.0. The first-order chi connectivity index (χ1) is 16.4. The summed E-state index contributed by atoms with van der Waals surface area (Å²) in [5.41, 5.74) is 2.90. The highest BCUT2D eigenvalue weighted by Gasteiger charge is 2.35. The first-order valence-corrected chi connectivity index (χ1v) is 11.6. The number of allylic oxidation sites excluding steroid dienone is 1. The number of ether oxygens (including phenoxy) is 2. The summed E-state index contributed by atoms with van der Waals surface area (Å²) in [5.74, 6) is -0.0732. The van der Waals surface area contributed by atoms with Crippen molar-refractivity contribution in [2.45, 2.75) is 13.0 Å². The molecule has 0 fully saturated rings. The minimum absolute atomic E-state index is 0.258. The van der Waals surface area contributed by atoms with E-state index in [0.717, 1.165) is 16.5 Å². The molecule has 2 aromatic heterocycles. The summed E-state index contributed by atoms with van der Waals surface area (Å²) in [5, 5.41) is 1.46. The number of rotatable bonds is 4. The van der Waals surface area contributed by atoms with E-state index in [1.807, 2.05) is 36.5 Å². The normalized spacial score (nSPS) is 15.9. The molecule has 1 unspecified atom stereocenters. The molecule has 3 heterocycles. The van der Waals surface area contributed by atoms with Gasteiger partial charge in [-0.2, -0.15) is 0 Å². The fourth-order valence-electron chi connectivity index (χ4n) is 4.26. The van der Waals surface area contributed by atoms with E-state index in [2.05, 4.69) is 9.98 Å². The van der Waals surface area contributed by atoms with Gasteiger partial charge in [-0.25, -0.2) is 9.79 Å². The SMILES string of the molecule is COC(=O)C1=C(C)N=c2s/c(=C\c3c[nH]c4ccccc34)c(=O)n2C1c1cc(Cl)ccc1OC. The third-order valence-electron chi connectivity index (χ3n) is 5.82. The molecule has 34 heavy (non-hydrogen) atoms. The number of nitrogens with zero attached hydrogens (tertiary/aromatic N) is 2. The van der Waals surface area contributed by atoms with E-state index in [1.165, 1.54) is 30.1 Å². The predicted octanol–water partition coefficient (Wildman–Crippen LogP) is 3.55. The third kappa shape index (κ3) is 3.55. The largest absolute Gasteiger partial charge is 0.496 e.